The van der Waals surface area contributed by atoms with E-state index in [9.17, 15) is 9.00 Å². The Balaban J connectivity index is 2.18. The third-order valence-electron chi connectivity index (χ3n) is 2.40. The maximum absolute atomic E-state index is 11.2. The van der Waals surface area contributed by atoms with E-state index in [0.29, 0.717) is 12.8 Å². The molecular weight excluding hydrogens is 180 g/mol. The van der Waals surface area contributed by atoms with Crippen LogP contribution in [0.25, 0.3) is 0 Å². The van der Waals surface area contributed by atoms with E-state index in [1.165, 1.54) is 0 Å². The summed E-state index contributed by atoms with van der Waals surface area (Å²) in [5.74, 6) is -0.444. The van der Waals surface area contributed by atoms with Gasteiger partial charge in [0.05, 0.1) is 0 Å². The maximum Gasteiger partial charge on any atom is 0.364 e. The SMILES string of the molecule is O=C1OS(=O)OC12CCCCC2. The molecule has 12 heavy (non-hydrogen) atoms. The maximum atomic E-state index is 11.2. The summed E-state index contributed by atoms with van der Waals surface area (Å²) in [6.07, 6.45) is 4.32. The van der Waals surface area contributed by atoms with Crippen molar-refractivity contribution >= 4 is 17.3 Å². The molecule has 1 atom stereocenters. The van der Waals surface area contributed by atoms with Crippen molar-refractivity contribution in [1.82, 2.24) is 0 Å². The molecule has 0 N–H and O–H groups in total. The van der Waals surface area contributed by atoms with Gasteiger partial charge in [-0.15, -0.1) is 0 Å². The Morgan fingerprint density at radius 2 is 1.92 bits per heavy atom. The molecule has 5 heteroatoms. The Kier molecular flexibility index (Phi) is 1.92. The Morgan fingerprint density at radius 3 is 2.42 bits per heavy atom. The van der Waals surface area contributed by atoms with Crippen molar-refractivity contribution in [3.05, 3.63) is 0 Å². The fourth-order valence-electron chi connectivity index (χ4n) is 1.73. The molecule has 0 radical (unpaired) electrons. The van der Waals surface area contributed by atoms with Gasteiger partial charge in [0.25, 0.3) is 0 Å². The molecular formula is C7H10O4S. The van der Waals surface area contributed by atoms with E-state index in [4.69, 9.17) is 4.18 Å². The summed E-state index contributed by atoms with van der Waals surface area (Å²) >= 11 is -1.84. The molecule has 0 bridgehead atoms. The van der Waals surface area contributed by atoms with E-state index in [-0.39, 0.29) is 0 Å². The fraction of sp³-hybridized carbons (Fsp3) is 0.857. The predicted octanol–water partition coefficient (Wildman–Crippen LogP) is 0.841. The van der Waals surface area contributed by atoms with Gasteiger partial charge >= 0.3 is 17.3 Å². The molecule has 2 aliphatic rings. The van der Waals surface area contributed by atoms with Crippen molar-refractivity contribution < 1.29 is 17.4 Å². The Bertz CT molecular complexity index is 232. The largest absolute Gasteiger partial charge is 0.364 e. The molecule has 1 heterocycles. The van der Waals surface area contributed by atoms with Gasteiger partial charge in [-0.25, -0.2) is 8.98 Å². The first kappa shape index (κ1) is 8.19. The average Bonchev–Trinajstić information content (AvgIpc) is 2.29. The van der Waals surface area contributed by atoms with Crippen LogP contribution in [-0.4, -0.2) is 15.8 Å². The van der Waals surface area contributed by atoms with E-state index < -0.39 is 22.9 Å². The molecule has 0 amide bonds. The monoisotopic (exact) mass is 190 g/mol. The number of rotatable bonds is 0. The summed E-state index contributed by atoms with van der Waals surface area (Å²) in [7, 11) is 0. The highest BCUT2D eigenvalue weighted by atomic mass is 32.2. The first-order chi connectivity index (χ1) is 5.73. The zero-order valence-corrected chi connectivity index (χ0v) is 7.39. The van der Waals surface area contributed by atoms with Crippen LogP contribution >= 0.6 is 0 Å². The summed E-state index contributed by atoms with van der Waals surface area (Å²) < 4.78 is 20.2. The van der Waals surface area contributed by atoms with Gasteiger partial charge in [-0.2, -0.15) is 4.21 Å². The molecule has 1 spiro atoms. The van der Waals surface area contributed by atoms with Crippen LogP contribution in [0, 0.1) is 0 Å². The smallest absolute Gasteiger partial charge is 0.340 e. The molecule has 0 aromatic carbocycles. The summed E-state index contributed by atoms with van der Waals surface area (Å²) in [6, 6.07) is 0. The van der Waals surface area contributed by atoms with E-state index >= 15 is 0 Å². The molecule has 1 aliphatic carbocycles. The van der Waals surface area contributed by atoms with Gasteiger partial charge in [0, 0.05) is 0 Å². The van der Waals surface area contributed by atoms with E-state index in [2.05, 4.69) is 4.18 Å². The first-order valence-electron chi connectivity index (χ1n) is 4.07. The van der Waals surface area contributed by atoms with Crippen LogP contribution in [0.1, 0.15) is 32.1 Å². The minimum atomic E-state index is -1.84. The lowest BCUT2D eigenvalue weighted by Crippen LogP contribution is -2.38. The third-order valence-corrected chi connectivity index (χ3v) is 3.15. The molecule has 1 saturated carbocycles. The Labute approximate surface area is 73.1 Å². The standard InChI is InChI=1S/C7H10O4S/c8-6-7(11-12(9)10-6)4-2-1-3-5-7/h1-5H2. The van der Waals surface area contributed by atoms with Crippen molar-refractivity contribution in [2.24, 2.45) is 0 Å². The molecule has 0 aromatic heterocycles. The number of carbonyl (C=O) groups excluding carboxylic acids is 1. The van der Waals surface area contributed by atoms with Crippen molar-refractivity contribution in [1.29, 1.82) is 0 Å². The second kappa shape index (κ2) is 2.81. The third kappa shape index (κ3) is 1.17. The minimum absolute atomic E-state index is 0.444. The van der Waals surface area contributed by atoms with Gasteiger partial charge in [0.15, 0.2) is 5.60 Å². The lowest BCUT2D eigenvalue weighted by Gasteiger charge is -2.25. The quantitative estimate of drug-likeness (QED) is 0.568. The van der Waals surface area contributed by atoms with Gasteiger partial charge in [-0.3, -0.25) is 0 Å². The average molecular weight is 190 g/mol. The molecule has 1 unspecified atom stereocenters. The van der Waals surface area contributed by atoms with E-state index in [0.717, 1.165) is 19.3 Å². The van der Waals surface area contributed by atoms with Gasteiger partial charge in [-0.1, -0.05) is 6.42 Å². The molecule has 2 rings (SSSR count). The molecule has 4 nitrogen and oxygen atoms in total. The minimum Gasteiger partial charge on any atom is -0.340 e. The topological polar surface area (TPSA) is 52.6 Å². The van der Waals surface area contributed by atoms with Crippen LogP contribution in [0.2, 0.25) is 0 Å². The fourth-order valence-corrected chi connectivity index (χ4v) is 2.53. The highest BCUT2D eigenvalue weighted by molar-refractivity contribution is 7.76. The first-order valence-corrected chi connectivity index (χ1v) is 5.07. The molecule has 1 aliphatic heterocycles. The Hall–Kier alpha value is -0.420. The zero-order chi connectivity index (χ0) is 8.60. The van der Waals surface area contributed by atoms with Crippen LogP contribution in [0.4, 0.5) is 0 Å². The second-order valence-corrected chi connectivity index (χ2v) is 3.95. The van der Waals surface area contributed by atoms with Crippen LogP contribution in [-0.2, 0) is 24.5 Å². The highest BCUT2D eigenvalue weighted by Crippen LogP contribution is 2.37. The summed E-state index contributed by atoms with van der Waals surface area (Å²) in [6.45, 7) is 0. The van der Waals surface area contributed by atoms with Crippen LogP contribution in [0.5, 0.6) is 0 Å². The van der Waals surface area contributed by atoms with Gasteiger partial charge in [-0.05, 0) is 25.7 Å². The van der Waals surface area contributed by atoms with Crippen molar-refractivity contribution in [3.63, 3.8) is 0 Å². The molecule has 68 valence electrons. The van der Waals surface area contributed by atoms with Crippen LogP contribution < -0.4 is 0 Å². The van der Waals surface area contributed by atoms with Crippen molar-refractivity contribution in [2.45, 2.75) is 37.7 Å². The normalized spacial score (nSPS) is 33.7. The zero-order valence-electron chi connectivity index (χ0n) is 6.58. The highest BCUT2D eigenvalue weighted by Gasteiger charge is 2.50. The predicted molar refractivity (Wildman–Crippen MR) is 41.1 cm³/mol. The van der Waals surface area contributed by atoms with Crippen LogP contribution in [0.15, 0.2) is 0 Å². The van der Waals surface area contributed by atoms with E-state index in [1.54, 1.807) is 0 Å². The van der Waals surface area contributed by atoms with Crippen molar-refractivity contribution in [2.75, 3.05) is 0 Å². The second-order valence-electron chi connectivity index (χ2n) is 3.21. The molecule has 1 saturated heterocycles. The lowest BCUT2D eigenvalue weighted by atomic mass is 9.85. The van der Waals surface area contributed by atoms with Gasteiger partial charge < -0.3 is 4.18 Å². The number of hydrogen-bond donors (Lipinski definition) is 0. The summed E-state index contributed by atoms with van der Waals surface area (Å²) in [4.78, 5) is 11.2. The number of hydrogen-bond acceptors (Lipinski definition) is 4. The molecule has 0 aromatic rings. The Morgan fingerprint density at radius 1 is 1.25 bits per heavy atom. The molecule has 2 fully saturated rings. The van der Waals surface area contributed by atoms with E-state index in [1.807, 2.05) is 0 Å². The lowest BCUT2D eigenvalue weighted by molar-refractivity contribution is -0.145. The van der Waals surface area contributed by atoms with Gasteiger partial charge in [0.1, 0.15) is 0 Å². The number of carbonyl (C=O) groups is 1. The summed E-state index contributed by atoms with van der Waals surface area (Å²) in [5.41, 5.74) is -0.858. The van der Waals surface area contributed by atoms with Crippen molar-refractivity contribution in [3.8, 4) is 0 Å². The summed E-state index contributed by atoms with van der Waals surface area (Å²) in [5, 5.41) is 0. The van der Waals surface area contributed by atoms with Crippen LogP contribution in [0.3, 0.4) is 0 Å². The van der Waals surface area contributed by atoms with Gasteiger partial charge in [0.2, 0.25) is 0 Å².